The smallest absolute Gasteiger partial charge is 0.241 e. The van der Waals surface area contributed by atoms with Crippen LogP contribution in [-0.4, -0.2) is 54.1 Å². The van der Waals surface area contributed by atoms with E-state index in [0.29, 0.717) is 19.7 Å². The topological polar surface area (TPSA) is 58.6 Å². The van der Waals surface area contributed by atoms with E-state index in [4.69, 9.17) is 4.74 Å². The molecule has 6 nitrogen and oxygen atoms in total. The number of rotatable bonds is 5. The number of hydrogen-bond donors (Lipinski definition) is 0. The number of hydrogen-bond acceptors (Lipinski definition) is 5. The van der Waals surface area contributed by atoms with E-state index >= 15 is 0 Å². The highest BCUT2D eigenvalue weighted by Gasteiger charge is 2.25. The van der Waals surface area contributed by atoms with Crippen molar-refractivity contribution >= 4 is 11.7 Å². The number of anilines is 1. The molecule has 1 aromatic carbocycles. The average molecular weight is 354 g/mol. The maximum atomic E-state index is 12.1. The van der Waals surface area contributed by atoms with Gasteiger partial charge in [-0.15, -0.1) is 0 Å². The molecule has 0 saturated carbocycles. The first-order valence-corrected chi connectivity index (χ1v) is 9.05. The van der Waals surface area contributed by atoms with Crippen LogP contribution in [0.2, 0.25) is 0 Å². The van der Waals surface area contributed by atoms with Crippen LogP contribution in [0.1, 0.15) is 24.6 Å². The van der Waals surface area contributed by atoms with Gasteiger partial charge in [0.1, 0.15) is 17.9 Å². The number of nitrogens with zero attached hydrogens (tertiary/aromatic N) is 4. The number of benzene rings is 1. The first-order chi connectivity index (χ1) is 12.5. The summed E-state index contributed by atoms with van der Waals surface area (Å²) in [6, 6.07) is 6.10. The number of ether oxygens (including phenoxy) is 1. The van der Waals surface area contributed by atoms with Crippen molar-refractivity contribution in [1.82, 2.24) is 14.9 Å². The summed E-state index contributed by atoms with van der Waals surface area (Å²) in [5, 5.41) is 0. The van der Waals surface area contributed by atoms with Gasteiger partial charge in [0.25, 0.3) is 0 Å². The Hall–Kier alpha value is -2.63. The van der Waals surface area contributed by atoms with Crippen molar-refractivity contribution in [3.63, 3.8) is 0 Å². The van der Waals surface area contributed by atoms with E-state index < -0.39 is 0 Å². The van der Waals surface area contributed by atoms with Crippen LogP contribution >= 0.6 is 0 Å². The minimum Gasteiger partial charge on any atom is -0.494 e. The molecule has 6 heteroatoms. The van der Waals surface area contributed by atoms with Crippen molar-refractivity contribution in [3.05, 3.63) is 35.8 Å². The highest BCUT2D eigenvalue weighted by Crippen LogP contribution is 2.35. The number of carbonyl (C=O) groups is 1. The number of piperazine rings is 1. The van der Waals surface area contributed by atoms with Gasteiger partial charge in [0.2, 0.25) is 5.91 Å². The molecule has 0 radical (unpaired) electrons. The second-order valence-corrected chi connectivity index (χ2v) is 6.72. The van der Waals surface area contributed by atoms with E-state index in [0.717, 1.165) is 46.9 Å². The van der Waals surface area contributed by atoms with Crippen LogP contribution in [-0.2, 0) is 4.79 Å². The fraction of sp³-hybridized carbons (Fsp3) is 0.450. The van der Waals surface area contributed by atoms with E-state index in [1.807, 2.05) is 24.9 Å². The zero-order valence-electron chi connectivity index (χ0n) is 16.0. The third-order valence-electron chi connectivity index (χ3n) is 4.71. The molecule has 1 amide bonds. The maximum Gasteiger partial charge on any atom is 0.241 e. The predicted molar refractivity (Wildman–Crippen MR) is 103 cm³/mol. The van der Waals surface area contributed by atoms with E-state index in [9.17, 15) is 4.79 Å². The van der Waals surface area contributed by atoms with Crippen molar-refractivity contribution in [1.29, 1.82) is 0 Å². The molecule has 26 heavy (non-hydrogen) atoms. The predicted octanol–water partition coefficient (Wildman–Crippen LogP) is 2.83. The second-order valence-electron chi connectivity index (χ2n) is 6.72. The quantitative estimate of drug-likeness (QED) is 0.826. The minimum absolute atomic E-state index is 0.110. The summed E-state index contributed by atoms with van der Waals surface area (Å²) in [5.74, 6) is 1.81. The van der Waals surface area contributed by atoms with E-state index in [2.05, 4.69) is 35.9 Å². The first-order valence-electron chi connectivity index (χ1n) is 9.05. The van der Waals surface area contributed by atoms with Crippen LogP contribution < -0.4 is 9.64 Å². The fourth-order valence-electron chi connectivity index (χ4n) is 3.18. The molecule has 1 saturated heterocycles. The van der Waals surface area contributed by atoms with Gasteiger partial charge in [0.05, 0.1) is 18.8 Å². The molecular weight excluding hydrogens is 328 g/mol. The Balaban J connectivity index is 1.99. The summed E-state index contributed by atoms with van der Waals surface area (Å²) >= 11 is 0. The van der Waals surface area contributed by atoms with Gasteiger partial charge in [-0.1, -0.05) is 13.0 Å². The summed E-state index contributed by atoms with van der Waals surface area (Å²) in [7, 11) is 1.84. The summed E-state index contributed by atoms with van der Waals surface area (Å²) in [6.07, 6.45) is 2.55. The monoisotopic (exact) mass is 354 g/mol. The Kier molecular flexibility index (Phi) is 5.40. The number of carbonyl (C=O) groups excluding carboxylic acids is 1. The van der Waals surface area contributed by atoms with Crippen molar-refractivity contribution in [3.8, 4) is 16.9 Å². The molecule has 0 bridgehead atoms. The molecule has 3 rings (SSSR count). The molecule has 1 aromatic heterocycles. The highest BCUT2D eigenvalue weighted by molar-refractivity contribution is 5.86. The van der Waals surface area contributed by atoms with Crippen LogP contribution in [0.4, 0.5) is 5.82 Å². The molecule has 2 heterocycles. The van der Waals surface area contributed by atoms with Gasteiger partial charge in [-0.3, -0.25) is 4.79 Å². The normalized spacial score (nSPS) is 14.7. The molecule has 1 aliphatic heterocycles. The van der Waals surface area contributed by atoms with Gasteiger partial charge < -0.3 is 14.5 Å². The Labute approximate surface area is 154 Å². The third-order valence-corrected chi connectivity index (χ3v) is 4.71. The number of amides is 1. The number of likely N-dealkylation sites (N-methyl/N-ethyl adjacent to an activating group) is 1. The summed E-state index contributed by atoms with van der Waals surface area (Å²) in [5.41, 5.74) is 4.09. The summed E-state index contributed by atoms with van der Waals surface area (Å²) in [4.78, 5) is 24.9. The number of aryl methyl sites for hydroxylation is 2. The van der Waals surface area contributed by atoms with E-state index in [1.165, 1.54) is 0 Å². The molecule has 2 aromatic rings. The van der Waals surface area contributed by atoms with Gasteiger partial charge in [-0.25, -0.2) is 9.97 Å². The maximum absolute atomic E-state index is 12.1. The molecule has 0 N–H and O–H groups in total. The first kappa shape index (κ1) is 18.2. The zero-order valence-corrected chi connectivity index (χ0v) is 16.0. The van der Waals surface area contributed by atoms with Crippen LogP contribution in [0.15, 0.2) is 24.5 Å². The molecule has 1 aliphatic rings. The third kappa shape index (κ3) is 3.64. The highest BCUT2D eigenvalue weighted by atomic mass is 16.5. The second kappa shape index (κ2) is 7.72. The standard InChI is InChI=1S/C20H26N4O2/c1-5-10-26-16-6-7-17(14(2)11-16)19-15(3)21-13-22-20(19)24-9-8-23(4)18(25)12-24/h6-7,11,13H,5,8-10,12H2,1-4H3. The molecule has 1 fully saturated rings. The van der Waals surface area contributed by atoms with Crippen LogP contribution in [0.25, 0.3) is 11.1 Å². The SMILES string of the molecule is CCCOc1ccc(-c2c(C)ncnc2N2CCN(C)C(=O)C2)c(C)c1. The van der Waals surface area contributed by atoms with Gasteiger partial charge in [-0.2, -0.15) is 0 Å². The lowest BCUT2D eigenvalue weighted by atomic mass is 9.98. The lowest BCUT2D eigenvalue weighted by Crippen LogP contribution is -2.49. The van der Waals surface area contributed by atoms with Gasteiger partial charge in [0.15, 0.2) is 0 Å². The Morgan fingerprint density at radius 1 is 1.19 bits per heavy atom. The van der Waals surface area contributed by atoms with Crippen molar-refractivity contribution in [2.75, 3.05) is 38.2 Å². The Bertz CT molecular complexity index is 806. The zero-order chi connectivity index (χ0) is 18.7. The molecule has 138 valence electrons. The molecule has 0 spiro atoms. The van der Waals surface area contributed by atoms with Gasteiger partial charge in [0, 0.05) is 25.7 Å². The van der Waals surface area contributed by atoms with Crippen LogP contribution in [0, 0.1) is 13.8 Å². The fourth-order valence-corrected chi connectivity index (χ4v) is 3.18. The van der Waals surface area contributed by atoms with Gasteiger partial charge in [-0.05, 0) is 43.5 Å². The Morgan fingerprint density at radius 2 is 2.00 bits per heavy atom. The molecule has 0 atom stereocenters. The molecule has 0 aliphatic carbocycles. The molecule has 0 unspecified atom stereocenters. The van der Waals surface area contributed by atoms with Crippen molar-refractivity contribution < 1.29 is 9.53 Å². The number of aromatic nitrogens is 2. The lowest BCUT2D eigenvalue weighted by Gasteiger charge is -2.34. The van der Waals surface area contributed by atoms with E-state index in [-0.39, 0.29) is 5.91 Å². The average Bonchev–Trinajstić information content (AvgIpc) is 2.63. The Morgan fingerprint density at radius 3 is 2.69 bits per heavy atom. The van der Waals surface area contributed by atoms with Crippen molar-refractivity contribution in [2.24, 2.45) is 0 Å². The lowest BCUT2D eigenvalue weighted by molar-refractivity contribution is -0.129. The van der Waals surface area contributed by atoms with Gasteiger partial charge >= 0.3 is 0 Å². The van der Waals surface area contributed by atoms with Crippen molar-refractivity contribution in [2.45, 2.75) is 27.2 Å². The van der Waals surface area contributed by atoms with E-state index in [1.54, 1.807) is 11.2 Å². The molecular formula is C20H26N4O2. The van der Waals surface area contributed by atoms with Crippen LogP contribution in [0.3, 0.4) is 0 Å². The minimum atomic E-state index is 0.110. The van der Waals surface area contributed by atoms with Crippen LogP contribution in [0.5, 0.6) is 5.75 Å². The largest absolute Gasteiger partial charge is 0.494 e. The summed E-state index contributed by atoms with van der Waals surface area (Å²) < 4.78 is 5.74. The summed E-state index contributed by atoms with van der Waals surface area (Å²) in [6.45, 7) is 8.67.